The van der Waals surface area contributed by atoms with Gasteiger partial charge in [-0.05, 0) is 18.9 Å². The number of alkyl halides is 1. The van der Waals surface area contributed by atoms with E-state index >= 15 is 0 Å². The first kappa shape index (κ1) is 10.7. The van der Waals surface area contributed by atoms with E-state index in [9.17, 15) is 0 Å². The SMILES string of the molecule is COc1ncccc1CNC1(CCl)CC1. The average molecular weight is 227 g/mol. The highest BCUT2D eigenvalue weighted by Crippen LogP contribution is 2.36. The second kappa shape index (κ2) is 4.37. The molecule has 0 unspecified atom stereocenters. The third-order valence-electron chi connectivity index (χ3n) is 2.81. The zero-order valence-corrected chi connectivity index (χ0v) is 9.55. The van der Waals surface area contributed by atoms with Crippen molar-refractivity contribution in [1.29, 1.82) is 0 Å². The van der Waals surface area contributed by atoms with Crippen molar-refractivity contribution >= 4 is 11.6 Å². The highest BCUT2D eigenvalue weighted by atomic mass is 35.5. The van der Waals surface area contributed by atoms with Crippen LogP contribution >= 0.6 is 11.6 Å². The summed E-state index contributed by atoms with van der Waals surface area (Å²) in [6.45, 7) is 0.768. The van der Waals surface area contributed by atoms with E-state index in [4.69, 9.17) is 16.3 Å². The summed E-state index contributed by atoms with van der Waals surface area (Å²) < 4.78 is 5.18. The number of halogens is 1. The van der Waals surface area contributed by atoms with E-state index in [-0.39, 0.29) is 5.54 Å². The first-order valence-electron chi connectivity index (χ1n) is 5.08. The lowest BCUT2D eigenvalue weighted by Gasteiger charge is -2.14. The van der Waals surface area contributed by atoms with Gasteiger partial charge in [0, 0.05) is 29.7 Å². The summed E-state index contributed by atoms with van der Waals surface area (Å²) in [5.41, 5.74) is 1.25. The summed E-state index contributed by atoms with van der Waals surface area (Å²) >= 11 is 5.89. The van der Waals surface area contributed by atoms with Crippen LogP contribution in [0.1, 0.15) is 18.4 Å². The molecule has 1 heterocycles. The van der Waals surface area contributed by atoms with Crippen LogP contribution in [0, 0.1) is 0 Å². The molecule has 0 atom stereocenters. The molecular formula is C11H15ClN2O. The third-order valence-corrected chi connectivity index (χ3v) is 3.32. The first-order chi connectivity index (χ1) is 7.29. The van der Waals surface area contributed by atoms with Crippen molar-refractivity contribution in [2.45, 2.75) is 24.9 Å². The Bertz CT molecular complexity index is 339. The zero-order valence-electron chi connectivity index (χ0n) is 8.79. The maximum Gasteiger partial charge on any atom is 0.217 e. The molecular weight excluding hydrogens is 212 g/mol. The number of pyridine rings is 1. The average Bonchev–Trinajstić information content (AvgIpc) is 3.07. The van der Waals surface area contributed by atoms with Crippen molar-refractivity contribution in [1.82, 2.24) is 10.3 Å². The normalized spacial score (nSPS) is 17.5. The Hall–Kier alpha value is -0.800. The van der Waals surface area contributed by atoms with Crippen molar-refractivity contribution in [2.24, 2.45) is 0 Å². The van der Waals surface area contributed by atoms with Crippen molar-refractivity contribution in [2.75, 3.05) is 13.0 Å². The largest absolute Gasteiger partial charge is 0.481 e. The zero-order chi connectivity index (χ0) is 10.7. The Labute approximate surface area is 94.8 Å². The molecule has 3 nitrogen and oxygen atoms in total. The smallest absolute Gasteiger partial charge is 0.217 e. The van der Waals surface area contributed by atoms with Gasteiger partial charge in [0.1, 0.15) is 0 Å². The molecule has 0 bridgehead atoms. The fraction of sp³-hybridized carbons (Fsp3) is 0.545. The minimum absolute atomic E-state index is 0.169. The van der Waals surface area contributed by atoms with Gasteiger partial charge in [-0.25, -0.2) is 4.98 Å². The van der Waals surface area contributed by atoms with E-state index < -0.39 is 0 Å². The number of rotatable bonds is 5. The van der Waals surface area contributed by atoms with Crippen LogP contribution in [0.3, 0.4) is 0 Å². The van der Waals surface area contributed by atoms with Gasteiger partial charge >= 0.3 is 0 Å². The molecule has 2 rings (SSSR count). The van der Waals surface area contributed by atoms with Crippen LogP contribution in [0.4, 0.5) is 0 Å². The summed E-state index contributed by atoms with van der Waals surface area (Å²) in [6, 6.07) is 3.93. The second-order valence-corrected chi connectivity index (χ2v) is 4.21. The molecule has 1 aliphatic rings. The lowest BCUT2D eigenvalue weighted by molar-refractivity contribution is 0.388. The van der Waals surface area contributed by atoms with Crippen molar-refractivity contribution in [3.05, 3.63) is 23.9 Å². The van der Waals surface area contributed by atoms with Gasteiger partial charge in [0.25, 0.3) is 0 Å². The van der Waals surface area contributed by atoms with E-state index in [1.54, 1.807) is 13.3 Å². The van der Waals surface area contributed by atoms with Crippen molar-refractivity contribution < 1.29 is 4.74 Å². The summed E-state index contributed by atoms with van der Waals surface area (Å²) in [5.74, 6) is 1.37. The van der Waals surface area contributed by atoms with E-state index in [2.05, 4.69) is 10.3 Å². The highest BCUT2D eigenvalue weighted by Gasteiger charge is 2.41. The second-order valence-electron chi connectivity index (χ2n) is 3.94. The van der Waals surface area contributed by atoms with Crippen LogP contribution in [-0.2, 0) is 6.54 Å². The molecule has 1 fully saturated rings. The number of nitrogens with one attached hydrogen (secondary N) is 1. The molecule has 1 aromatic rings. The summed E-state index contributed by atoms with van der Waals surface area (Å²) in [4.78, 5) is 4.15. The molecule has 1 N–H and O–H groups in total. The van der Waals surface area contributed by atoms with Crippen LogP contribution in [0.15, 0.2) is 18.3 Å². The number of methoxy groups -OCH3 is 1. The summed E-state index contributed by atoms with van der Waals surface area (Å²) in [7, 11) is 1.64. The van der Waals surface area contributed by atoms with Crippen LogP contribution in [-0.4, -0.2) is 23.5 Å². The lowest BCUT2D eigenvalue weighted by Crippen LogP contribution is -2.32. The molecule has 15 heavy (non-hydrogen) atoms. The van der Waals surface area contributed by atoms with E-state index in [0.29, 0.717) is 11.8 Å². The molecule has 0 radical (unpaired) electrons. The van der Waals surface area contributed by atoms with Crippen LogP contribution in [0.2, 0.25) is 0 Å². The minimum atomic E-state index is 0.169. The molecule has 0 aromatic carbocycles. The van der Waals surface area contributed by atoms with Gasteiger partial charge < -0.3 is 10.1 Å². The van der Waals surface area contributed by atoms with Gasteiger partial charge in [0.2, 0.25) is 5.88 Å². The Balaban J connectivity index is 1.98. The molecule has 0 saturated heterocycles. The summed E-state index contributed by atoms with van der Waals surface area (Å²) in [5, 5.41) is 3.46. The Morgan fingerprint density at radius 2 is 2.40 bits per heavy atom. The number of aromatic nitrogens is 1. The molecule has 82 valence electrons. The van der Waals surface area contributed by atoms with Crippen LogP contribution < -0.4 is 10.1 Å². The molecule has 0 spiro atoms. The molecule has 0 amide bonds. The highest BCUT2D eigenvalue weighted by molar-refractivity contribution is 6.18. The molecule has 1 saturated carbocycles. The molecule has 0 aliphatic heterocycles. The van der Waals surface area contributed by atoms with Gasteiger partial charge in [-0.3, -0.25) is 0 Å². The first-order valence-corrected chi connectivity index (χ1v) is 5.62. The standard InChI is InChI=1S/C11H15ClN2O/c1-15-10-9(3-2-6-13-10)7-14-11(8-12)4-5-11/h2-3,6,14H,4-5,7-8H2,1H3. The predicted octanol–water partition coefficient (Wildman–Crippen LogP) is 1.95. The van der Waals surface area contributed by atoms with Gasteiger partial charge in [-0.15, -0.1) is 11.6 Å². The molecule has 1 aliphatic carbocycles. The molecule has 4 heteroatoms. The van der Waals surface area contributed by atoms with E-state index in [0.717, 1.165) is 12.1 Å². The maximum atomic E-state index is 5.89. The fourth-order valence-electron chi connectivity index (χ4n) is 1.53. The van der Waals surface area contributed by atoms with Gasteiger partial charge in [0.15, 0.2) is 0 Å². The van der Waals surface area contributed by atoms with Crippen LogP contribution in [0.5, 0.6) is 5.88 Å². The number of ether oxygens (including phenoxy) is 1. The van der Waals surface area contributed by atoms with Crippen molar-refractivity contribution in [3.8, 4) is 5.88 Å². The van der Waals surface area contributed by atoms with Crippen molar-refractivity contribution in [3.63, 3.8) is 0 Å². The maximum absolute atomic E-state index is 5.89. The predicted molar refractivity (Wildman–Crippen MR) is 60.3 cm³/mol. The topological polar surface area (TPSA) is 34.1 Å². The van der Waals surface area contributed by atoms with E-state index in [1.807, 2.05) is 12.1 Å². The fourth-order valence-corrected chi connectivity index (χ4v) is 1.90. The van der Waals surface area contributed by atoms with Gasteiger partial charge in [-0.2, -0.15) is 0 Å². The quantitative estimate of drug-likeness (QED) is 0.780. The van der Waals surface area contributed by atoms with Gasteiger partial charge in [0.05, 0.1) is 7.11 Å². The monoisotopic (exact) mass is 226 g/mol. The van der Waals surface area contributed by atoms with Crippen LogP contribution in [0.25, 0.3) is 0 Å². The van der Waals surface area contributed by atoms with E-state index in [1.165, 1.54) is 12.8 Å². The third kappa shape index (κ3) is 2.41. The Morgan fingerprint density at radius 1 is 1.60 bits per heavy atom. The lowest BCUT2D eigenvalue weighted by atomic mass is 10.2. The number of hydrogen-bond acceptors (Lipinski definition) is 3. The summed E-state index contributed by atoms with van der Waals surface area (Å²) in [6.07, 6.45) is 4.06. The molecule has 1 aromatic heterocycles. The minimum Gasteiger partial charge on any atom is -0.481 e. The van der Waals surface area contributed by atoms with Gasteiger partial charge in [-0.1, -0.05) is 6.07 Å². The number of nitrogens with zero attached hydrogens (tertiary/aromatic N) is 1. The Kier molecular flexibility index (Phi) is 3.12. The Morgan fingerprint density at radius 3 is 3.00 bits per heavy atom. The number of hydrogen-bond donors (Lipinski definition) is 1.